The highest BCUT2D eigenvalue weighted by Gasteiger charge is 2.24. The van der Waals surface area contributed by atoms with Crippen LogP contribution in [0.5, 0.6) is 0 Å². The van der Waals surface area contributed by atoms with Gasteiger partial charge in [-0.05, 0) is 18.8 Å². The van der Waals surface area contributed by atoms with Crippen LogP contribution in [-0.2, 0) is 4.79 Å². The van der Waals surface area contributed by atoms with Crippen LogP contribution in [0.3, 0.4) is 0 Å². The second kappa shape index (κ2) is 4.70. The number of primary amides is 1. The average Bonchev–Trinajstić information content (AvgIpc) is 2.30. The summed E-state index contributed by atoms with van der Waals surface area (Å²) in [5.41, 5.74) is 5.15. The molecule has 1 aliphatic carbocycles. The number of carbonyl (C=O) groups is 1. The molecule has 0 heterocycles. The first-order valence-electron chi connectivity index (χ1n) is 4.65. The molecule has 1 rings (SSSR count). The lowest BCUT2D eigenvalue weighted by Crippen LogP contribution is -2.30. The summed E-state index contributed by atoms with van der Waals surface area (Å²) in [4.78, 5) is 10.8. The SMILES string of the molecule is NC(=O)C(Cl)C1CCCCCC1. The molecule has 1 aliphatic rings. The first-order valence-corrected chi connectivity index (χ1v) is 5.09. The van der Waals surface area contributed by atoms with Crippen LogP contribution in [0.4, 0.5) is 0 Å². The number of amides is 1. The normalized spacial score (nSPS) is 23.1. The largest absolute Gasteiger partial charge is 0.368 e. The lowest BCUT2D eigenvalue weighted by molar-refractivity contribution is -0.118. The second-order valence-electron chi connectivity index (χ2n) is 3.56. The molecular weight excluding hydrogens is 174 g/mol. The van der Waals surface area contributed by atoms with Crippen molar-refractivity contribution in [3.63, 3.8) is 0 Å². The van der Waals surface area contributed by atoms with Gasteiger partial charge in [-0.2, -0.15) is 0 Å². The number of halogens is 1. The molecule has 1 fully saturated rings. The molecule has 1 amide bonds. The summed E-state index contributed by atoms with van der Waals surface area (Å²) in [7, 11) is 0. The third-order valence-electron chi connectivity index (χ3n) is 2.59. The molecule has 12 heavy (non-hydrogen) atoms. The van der Waals surface area contributed by atoms with Crippen molar-refractivity contribution in [2.75, 3.05) is 0 Å². The van der Waals surface area contributed by atoms with Crippen LogP contribution in [0.15, 0.2) is 0 Å². The molecule has 0 radical (unpaired) electrons. The minimum absolute atomic E-state index is 0.326. The Morgan fingerprint density at radius 3 is 2.17 bits per heavy atom. The summed E-state index contributed by atoms with van der Waals surface area (Å²) in [6, 6.07) is 0. The molecule has 0 aliphatic heterocycles. The molecule has 3 heteroatoms. The van der Waals surface area contributed by atoms with E-state index in [9.17, 15) is 4.79 Å². The molecule has 2 N–H and O–H groups in total. The van der Waals surface area contributed by atoms with E-state index < -0.39 is 5.38 Å². The fourth-order valence-corrected chi connectivity index (χ4v) is 2.09. The van der Waals surface area contributed by atoms with Gasteiger partial charge < -0.3 is 5.73 Å². The molecule has 1 atom stereocenters. The zero-order valence-corrected chi connectivity index (χ0v) is 8.02. The summed E-state index contributed by atoms with van der Waals surface area (Å²) in [5, 5.41) is -0.442. The fraction of sp³-hybridized carbons (Fsp3) is 0.889. The zero-order chi connectivity index (χ0) is 8.97. The molecule has 70 valence electrons. The van der Waals surface area contributed by atoms with Gasteiger partial charge in [-0.3, -0.25) is 4.79 Å². The van der Waals surface area contributed by atoms with Crippen molar-refractivity contribution in [1.29, 1.82) is 0 Å². The summed E-state index contributed by atoms with van der Waals surface area (Å²) < 4.78 is 0. The van der Waals surface area contributed by atoms with E-state index >= 15 is 0 Å². The minimum atomic E-state index is -0.442. The first-order chi connectivity index (χ1) is 5.72. The van der Waals surface area contributed by atoms with Crippen molar-refractivity contribution >= 4 is 17.5 Å². The predicted molar refractivity (Wildman–Crippen MR) is 50.0 cm³/mol. The van der Waals surface area contributed by atoms with E-state index in [0.717, 1.165) is 12.8 Å². The lowest BCUT2D eigenvalue weighted by atomic mass is 9.96. The quantitative estimate of drug-likeness (QED) is 0.525. The molecule has 0 aromatic carbocycles. The summed E-state index contributed by atoms with van der Waals surface area (Å²) >= 11 is 5.89. The standard InChI is InChI=1S/C9H16ClNO/c10-8(9(11)12)7-5-3-1-2-4-6-7/h7-8H,1-6H2,(H2,11,12). The number of hydrogen-bond acceptors (Lipinski definition) is 1. The Bertz CT molecular complexity index is 153. The number of hydrogen-bond donors (Lipinski definition) is 1. The highest BCUT2D eigenvalue weighted by molar-refractivity contribution is 6.30. The molecule has 2 nitrogen and oxygen atoms in total. The molecular formula is C9H16ClNO. The highest BCUT2D eigenvalue weighted by atomic mass is 35.5. The summed E-state index contributed by atoms with van der Waals surface area (Å²) in [5.74, 6) is -0.0322. The third-order valence-corrected chi connectivity index (χ3v) is 3.16. The maximum absolute atomic E-state index is 10.8. The van der Waals surface area contributed by atoms with Crippen molar-refractivity contribution in [3.05, 3.63) is 0 Å². The van der Waals surface area contributed by atoms with Gasteiger partial charge in [0.05, 0.1) is 0 Å². The van der Waals surface area contributed by atoms with Gasteiger partial charge in [0.25, 0.3) is 0 Å². The summed E-state index contributed by atoms with van der Waals surface area (Å²) in [6.45, 7) is 0. The van der Waals surface area contributed by atoms with Crippen LogP contribution in [-0.4, -0.2) is 11.3 Å². The van der Waals surface area contributed by atoms with Gasteiger partial charge >= 0.3 is 0 Å². The molecule has 0 aromatic heterocycles. The van der Waals surface area contributed by atoms with Crippen LogP contribution in [0, 0.1) is 5.92 Å². The Hall–Kier alpha value is -0.240. The monoisotopic (exact) mass is 189 g/mol. The number of carbonyl (C=O) groups excluding carboxylic acids is 1. The van der Waals surface area contributed by atoms with Gasteiger partial charge in [0, 0.05) is 0 Å². The molecule has 0 spiro atoms. The minimum Gasteiger partial charge on any atom is -0.368 e. The number of rotatable bonds is 2. The predicted octanol–water partition coefficient (Wildman–Crippen LogP) is 2.05. The van der Waals surface area contributed by atoms with Crippen molar-refractivity contribution in [3.8, 4) is 0 Å². The lowest BCUT2D eigenvalue weighted by Gasteiger charge is -2.16. The van der Waals surface area contributed by atoms with Crippen molar-refractivity contribution in [2.24, 2.45) is 11.7 Å². The van der Waals surface area contributed by atoms with Gasteiger partial charge in [0.1, 0.15) is 5.38 Å². The van der Waals surface area contributed by atoms with Gasteiger partial charge in [-0.25, -0.2) is 0 Å². The average molecular weight is 190 g/mol. The van der Waals surface area contributed by atoms with Crippen LogP contribution in [0.2, 0.25) is 0 Å². The maximum Gasteiger partial charge on any atom is 0.235 e. The first kappa shape index (κ1) is 9.85. The zero-order valence-electron chi connectivity index (χ0n) is 7.26. The Balaban J connectivity index is 2.42. The van der Waals surface area contributed by atoms with Crippen molar-refractivity contribution in [2.45, 2.75) is 43.9 Å². The smallest absolute Gasteiger partial charge is 0.235 e. The van der Waals surface area contributed by atoms with Crippen LogP contribution in [0.1, 0.15) is 38.5 Å². The van der Waals surface area contributed by atoms with E-state index in [2.05, 4.69) is 0 Å². The number of alkyl halides is 1. The van der Waals surface area contributed by atoms with Gasteiger partial charge in [-0.15, -0.1) is 11.6 Å². The van der Waals surface area contributed by atoms with Crippen LogP contribution >= 0.6 is 11.6 Å². The van der Waals surface area contributed by atoms with E-state index in [-0.39, 0.29) is 5.91 Å². The number of nitrogens with two attached hydrogens (primary N) is 1. The van der Waals surface area contributed by atoms with E-state index in [1.165, 1.54) is 25.7 Å². The highest BCUT2D eigenvalue weighted by Crippen LogP contribution is 2.27. The van der Waals surface area contributed by atoms with Crippen LogP contribution < -0.4 is 5.73 Å². The van der Waals surface area contributed by atoms with E-state index in [0.29, 0.717) is 5.92 Å². The molecule has 0 bridgehead atoms. The van der Waals surface area contributed by atoms with Crippen molar-refractivity contribution < 1.29 is 4.79 Å². The Morgan fingerprint density at radius 1 is 1.25 bits per heavy atom. The van der Waals surface area contributed by atoms with Gasteiger partial charge in [0.15, 0.2) is 0 Å². The van der Waals surface area contributed by atoms with Crippen molar-refractivity contribution in [1.82, 2.24) is 0 Å². The van der Waals surface area contributed by atoms with E-state index in [1.807, 2.05) is 0 Å². The molecule has 0 aromatic rings. The van der Waals surface area contributed by atoms with E-state index in [4.69, 9.17) is 17.3 Å². The second-order valence-corrected chi connectivity index (χ2v) is 4.03. The van der Waals surface area contributed by atoms with E-state index in [1.54, 1.807) is 0 Å². The molecule has 1 saturated carbocycles. The Labute approximate surface area is 78.5 Å². The summed E-state index contributed by atoms with van der Waals surface area (Å²) in [6.07, 6.45) is 7.08. The third kappa shape index (κ3) is 2.67. The Kier molecular flexibility index (Phi) is 3.86. The van der Waals surface area contributed by atoms with Gasteiger partial charge in [-0.1, -0.05) is 25.7 Å². The Morgan fingerprint density at radius 2 is 1.75 bits per heavy atom. The topological polar surface area (TPSA) is 43.1 Å². The van der Waals surface area contributed by atoms with Gasteiger partial charge in [0.2, 0.25) is 5.91 Å². The maximum atomic E-state index is 10.8. The van der Waals surface area contributed by atoms with Crippen LogP contribution in [0.25, 0.3) is 0 Å². The fourth-order valence-electron chi connectivity index (χ4n) is 1.84. The molecule has 1 unspecified atom stereocenters. The molecule has 0 saturated heterocycles.